The molecule has 0 aliphatic heterocycles. The number of nitrogens with one attached hydrogen (secondary N) is 1. The van der Waals surface area contributed by atoms with Crippen LogP contribution in [0.25, 0.3) is 0 Å². The number of amides is 1. The molecule has 6 nitrogen and oxygen atoms in total. The van der Waals surface area contributed by atoms with Gasteiger partial charge in [-0.15, -0.1) is 12.4 Å². The Morgan fingerprint density at radius 3 is 2.65 bits per heavy atom. The van der Waals surface area contributed by atoms with Crippen molar-refractivity contribution in [2.75, 3.05) is 6.54 Å². The van der Waals surface area contributed by atoms with E-state index in [0.717, 1.165) is 0 Å². The predicted molar refractivity (Wildman–Crippen MR) is 65.8 cm³/mol. The van der Waals surface area contributed by atoms with Crippen molar-refractivity contribution in [1.82, 2.24) is 15.5 Å². The van der Waals surface area contributed by atoms with Gasteiger partial charge in [0.05, 0.1) is 6.04 Å². The Labute approximate surface area is 107 Å². The van der Waals surface area contributed by atoms with Gasteiger partial charge in [0.25, 0.3) is 0 Å². The molecule has 1 heterocycles. The Bertz CT molecular complexity index is 354. The van der Waals surface area contributed by atoms with E-state index in [9.17, 15) is 4.79 Å². The molecule has 0 saturated heterocycles. The third-order valence-corrected chi connectivity index (χ3v) is 2.23. The van der Waals surface area contributed by atoms with Crippen molar-refractivity contribution < 1.29 is 9.32 Å². The van der Waals surface area contributed by atoms with Crippen LogP contribution in [0.15, 0.2) is 4.52 Å². The van der Waals surface area contributed by atoms with E-state index in [1.54, 1.807) is 6.92 Å². The molecule has 0 saturated carbocycles. The molecule has 0 fully saturated rings. The molecule has 1 amide bonds. The van der Waals surface area contributed by atoms with Gasteiger partial charge in [0.1, 0.15) is 0 Å². The highest BCUT2D eigenvalue weighted by Gasteiger charge is 2.16. The lowest BCUT2D eigenvalue weighted by molar-refractivity contribution is -0.123. The summed E-state index contributed by atoms with van der Waals surface area (Å²) in [7, 11) is 0. The maximum absolute atomic E-state index is 11.5. The summed E-state index contributed by atoms with van der Waals surface area (Å²) >= 11 is 0. The van der Waals surface area contributed by atoms with Crippen LogP contribution in [-0.4, -0.2) is 28.6 Å². The normalized spacial score (nSPS) is 12.1. The molecule has 1 rings (SSSR count). The summed E-state index contributed by atoms with van der Waals surface area (Å²) in [6.07, 6.45) is 0.525. The maximum atomic E-state index is 11.5. The van der Waals surface area contributed by atoms with Crippen LogP contribution in [0.4, 0.5) is 0 Å². The fourth-order valence-electron chi connectivity index (χ4n) is 1.15. The predicted octanol–water partition coefficient (Wildman–Crippen LogP) is 0.442. The zero-order chi connectivity index (χ0) is 12.1. The zero-order valence-corrected chi connectivity index (χ0v) is 11.1. The van der Waals surface area contributed by atoms with Crippen LogP contribution in [0.3, 0.4) is 0 Å². The molecule has 0 aliphatic carbocycles. The number of rotatable bonds is 5. The second-order valence-electron chi connectivity index (χ2n) is 4.05. The van der Waals surface area contributed by atoms with E-state index in [1.165, 1.54) is 0 Å². The van der Waals surface area contributed by atoms with Crippen molar-refractivity contribution in [3.63, 3.8) is 0 Å². The molecule has 1 aromatic rings. The second kappa shape index (κ2) is 7.24. The topological polar surface area (TPSA) is 94.0 Å². The molecule has 0 bridgehead atoms. The third-order valence-electron chi connectivity index (χ3n) is 2.23. The van der Waals surface area contributed by atoms with Crippen molar-refractivity contribution in [3.05, 3.63) is 11.7 Å². The Balaban J connectivity index is 0.00000256. The smallest absolute Gasteiger partial charge is 0.237 e. The number of carbonyl (C=O) groups is 1. The van der Waals surface area contributed by atoms with Crippen molar-refractivity contribution in [3.8, 4) is 0 Å². The van der Waals surface area contributed by atoms with Crippen molar-refractivity contribution in [2.24, 2.45) is 11.7 Å². The van der Waals surface area contributed by atoms with Crippen molar-refractivity contribution in [2.45, 2.75) is 33.2 Å². The molecule has 17 heavy (non-hydrogen) atoms. The molecule has 0 unspecified atom stereocenters. The number of carbonyl (C=O) groups excluding carboxylic acids is 1. The molecular weight excluding hydrogens is 244 g/mol. The van der Waals surface area contributed by atoms with Gasteiger partial charge in [0, 0.05) is 13.0 Å². The number of halogens is 1. The van der Waals surface area contributed by atoms with Crippen LogP contribution in [0.2, 0.25) is 0 Å². The summed E-state index contributed by atoms with van der Waals surface area (Å²) in [5.41, 5.74) is 5.68. The molecule has 0 spiro atoms. The van der Waals surface area contributed by atoms with Gasteiger partial charge in [0.2, 0.25) is 11.8 Å². The standard InChI is InChI=1S/C10H18N4O2.ClH/c1-6(2)9(11)10(15)12-5-4-8-13-7(3)14-16-8;/h6,9H,4-5,11H2,1-3H3,(H,12,15);1H/t9-;/m1./s1. The molecule has 98 valence electrons. The van der Waals surface area contributed by atoms with E-state index in [0.29, 0.717) is 24.7 Å². The average molecular weight is 263 g/mol. The van der Waals surface area contributed by atoms with E-state index >= 15 is 0 Å². The quantitative estimate of drug-likeness (QED) is 0.803. The van der Waals surface area contributed by atoms with E-state index < -0.39 is 6.04 Å². The maximum Gasteiger partial charge on any atom is 0.237 e. The van der Waals surface area contributed by atoms with Gasteiger partial charge in [0.15, 0.2) is 5.82 Å². The summed E-state index contributed by atoms with van der Waals surface area (Å²) in [6, 6.07) is -0.468. The first-order valence-electron chi connectivity index (χ1n) is 5.33. The molecule has 0 aromatic carbocycles. The lowest BCUT2D eigenvalue weighted by Crippen LogP contribution is -2.44. The Morgan fingerprint density at radius 2 is 2.18 bits per heavy atom. The van der Waals surface area contributed by atoms with Crippen molar-refractivity contribution >= 4 is 18.3 Å². The minimum absolute atomic E-state index is 0. The highest BCUT2D eigenvalue weighted by atomic mass is 35.5. The van der Waals surface area contributed by atoms with Gasteiger partial charge >= 0.3 is 0 Å². The largest absolute Gasteiger partial charge is 0.354 e. The minimum atomic E-state index is -0.468. The Kier molecular flexibility index (Phi) is 6.75. The lowest BCUT2D eigenvalue weighted by Gasteiger charge is -2.14. The van der Waals surface area contributed by atoms with E-state index in [2.05, 4.69) is 15.5 Å². The highest BCUT2D eigenvalue weighted by molar-refractivity contribution is 5.85. The Morgan fingerprint density at radius 1 is 1.53 bits per heavy atom. The molecule has 3 N–H and O–H groups in total. The summed E-state index contributed by atoms with van der Waals surface area (Å²) in [4.78, 5) is 15.5. The lowest BCUT2D eigenvalue weighted by atomic mass is 10.1. The molecule has 7 heteroatoms. The first kappa shape index (κ1) is 15.9. The minimum Gasteiger partial charge on any atom is -0.354 e. The monoisotopic (exact) mass is 262 g/mol. The zero-order valence-electron chi connectivity index (χ0n) is 10.3. The van der Waals surface area contributed by atoms with Crippen LogP contribution in [-0.2, 0) is 11.2 Å². The van der Waals surface area contributed by atoms with E-state index in [-0.39, 0.29) is 24.2 Å². The van der Waals surface area contributed by atoms with Gasteiger partial charge in [-0.25, -0.2) is 0 Å². The number of hydrogen-bond donors (Lipinski definition) is 2. The second-order valence-corrected chi connectivity index (χ2v) is 4.05. The van der Waals surface area contributed by atoms with Crippen molar-refractivity contribution in [1.29, 1.82) is 0 Å². The average Bonchev–Trinajstić information content (AvgIpc) is 2.62. The fraction of sp³-hybridized carbons (Fsp3) is 0.700. The van der Waals surface area contributed by atoms with Gasteiger partial charge < -0.3 is 15.6 Å². The molecule has 1 aromatic heterocycles. The highest BCUT2D eigenvalue weighted by Crippen LogP contribution is 1.99. The number of hydrogen-bond acceptors (Lipinski definition) is 5. The first-order valence-corrected chi connectivity index (χ1v) is 5.33. The van der Waals surface area contributed by atoms with Gasteiger partial charge in [-0.3, -0.25) is 4.79 Å². The van der Waals surface area contributed by atoms with Crippen LogP contribution in [0.1, 0.15) is 25.6 Å². The van der Waals surface area contributed by atoms with E-state index in [4.69, 9.17) is 10.3 Å². The number of nitrogens with two attached hydrogens (primary N) is 1. The molecular formula is C10H19ClN4O2. The third kappa shape index (κ3) is 5.14. The SMILES string of the molecule is Cc1noc(CCNC(=O)[C@H](N)C(C)C)n1.Cl. The number of nitrogens with zero attached hydrogens (tertiary/aromatic N) is 2. The number of aryl methyl sites for hydroxylation is 1. The summed E-state index contributed by atoms with van der Waals surface area (Å²) in [5.74, 6) is 1.10. The van der Waals surface area contributed by atoms with Crippen LogP contribution < -0.4 is 11.1 Å². The van der Waals surface area contributed by atoms with E-state index in [1.807, 2.05) is 13.8 Å². The molecule has 0 radical (unpaired) electrons. The summed E-state index contributed by atoms with van der Waals surface area (Å²) in [6.45, 7) is 6.03. The fourth-order valence-corrected chi connectivity index (χ4v) is 1.15. The number of aromatic nitrogens is 2. The molecule has 0 aliphatic rings. The van der Waals surface area contributed by atoms with Crippen LogP contribution in [0, 0.1) is 12.8 Å². The van der Waals surface area contributed by atoms with Crippen LogP contribution in [0.5, 0.6) is 0 Å². The first-order chi connectivity index (χ1) is 7.50. The summed E-state index contributed by atoms with van der Waals surface area (Å²) in [5, 5.41) is 6.38. The van der Waals surface area contributed by atoms with Gasteiger partial charge in [-0.1, -0.05) is 19.0 Å². The van der Waals surface area contributed by atoms with Gasteiger partial charge in [-0.2, -0.15) is 4.98 Å². The molecule has 1 atom stereocenters. The Hall–Kier alpha value is -1.14. The van der Waals surface area contributed by atoms with Gasteiger partial charge in [-0.05, 0) is 12.8 Å². The summed E-state index contributed by atoms with van der Waals surface area (Å²) < 4.78 is 4.91. The van der Waals surface area contributed by atoms with Crippen LogP contribution >= 0.6 is 12.4 Å².